The van der Waals surface area contributed by atoms with E-state index in [1.165, 1.54) is 25.7 Å². The highest BCUT2D eigenvalue weighted by Gasteiger charge is 2.30. The van der Waals surface area contributed by atoms with Crippen LogP contribution in [0.25, 0.3) is 0 Å². The molecule has 0 aromatic heterocycles. The first-order valence-corrected chi connectivity index (χ1v) is 4.30. The van der Waals surface area contributed by atoms with Crippen LogP contribution < -0.4 is 5.32 Å². The topological polar surface area (TPSA) is 32.3 Å². The maximum atomic E-state index is 9.46. The Bertz CT molecular complexity index is 124. The standard InChI is InChI=1S/C8H15NO/c10-8-5-4-6-2-1-3-7(8)9-6/h6-10H,1-5H2/t6-,7+,8-/m0/s1. The van der Waals surface area contributed by atoms with E-state index in [-0.39, 0.29) is 6.10 Å². The molecule has 2 nitrogen and oxygen atoms in total. The molecule has 0 aliphatic carbocycles. The van der Waals surface area contributed by atoms with E-state index in [1.807, 2.05) is 0 Å². The Morgan fingerprint density at radius 1 is 1.10 bits per heavy atom. The summed E-state index contributed by atoms with van der Waals surface area (Å²) < 4.78 is 0. The van der Waals surface area contributed by atoms with Gasteiger partial charge in [-0.2, -0.15) is 0 Å². The average Bonchev–Trinajstić information content (AvgIpc) is 1.99. The Balaban J connectivity index is 2.00. The summed E-state index contributed by atoms with van der Waals surface area (Å²) in [5, 5.41) is 12.9. The van der Waals surface area contributed by atoms with E-state index in [0.717, 1.165) is 12.5 Å². The van der Waals surface area contributed by atoms with Crippen molar-refractivity contribution < 1.29 is 5.11 Å². The summed E-state index contributed by atoms with van der Waals surface area (Å²) in [6, 6.07) is 1.15. The number of piperidine rings is 2. The first-order valence-electron chi connectivity index (χ1n) is 4.30. The number of aliphatic hydroxyl groups is 1. The molecule has 2 aliphatic rings. The molecule has 2 heterocycles. The molecule has 2 aliphatic heterocycles. The van der Waals surface area contributed by atoms with Crippen LogP contribution in [-0.4, -0.2) is 23.3 Å². The Labute approximate surface area is 61.6 Å². The van der Waals surface area contributed by atoms with Crippen LogP contribution in [0, 0.1) is 0 Å². The lowest BCUT2D eigenvalue weighted by Crippen LogP contribution is -2.52. The third kappa shape index (κ3) is 1.06. The first-order chi connectivity index (χ1) is 4.86. The fraction of sp³-hybridized carbons (Fsp3) is 1.00. The third-order valence-corrected chi connectivity index (χ3v) is 2.79. The summed E-state index contributed by atoms with van der Waals surface area (Å²) in [6.07, 6.45) is 5.94. The normalized spacial score (nSPS) is 47.1. The largest absolute Gasteiger partial charge is 0.392 e. The van der Waals surface area contributed by atoms with Crippen molar-refractivity contribution in [2.75, 3.05) is 0 Å². The minimum atomic E-state index is -0.0588. The molecular weight excluding hydrogens is 126 g/mol. The maximum Gasteiger partial charge on any atom is 0.0693 e. The summed E-state index contributed by atoms with van der Waals surface area (Å²) in [5.74, 6) is 0. The van der Waals surface area contributed by atoms with Crippen molar-refractivity contribution in [2.45, 2.75) is 50.3 Å². The SMILES string of the molecule is O[C@H]1CC[C@@H]2CCC[C@H]1N2. The van der Waals surface area contributed by atoms with Gasteiger partial charge in [0.1, 0.15) is 0 Å². The van der Waals surface area contributed by atoms with Crippen molar-refractivity contribution >= 4 is 0 Å². The number of nitrogens with one attached hydrogen (secondary N) is 1. The van der Waals surface area contributed by atoms with E-state index < -0.39 is 0 Å². The van der Waals surface area contributed by atoms with Gasteiger partial charge in [-0.15, -0.1) is 0 Å². The molecule has 2 rings (SSSR count). The van der Waals surface area contributed by atoms with Crippen LogP contribution in [-0.2, 0) is 0 Å². The number of rotatable bonds is 0. The minimum absolute atomic E-state index is 0.0588. The maximum absolute atomic E-state index is 9.46. The van der Waals surface area contributed by atoms with Gasteiger partial charge in [0, 0.05) is 12.1 Å². The Morgan fingerprint density at radius 3 is 2.80 bits per heavy atom. The molecule has 0 aromatic rings. The molecule has 3 atom stereocenters. The van der Waals surface area contributed by atoms with Crippen molar-refractivity contribution in [1.29, 1.82) is 0 Å². The highest BCUT2D eigenvalue weighted by molar-refractivity contribution is 4.90. The van der Waals surface area contributed by atoms with Crippen molar-refractivity contribution in [3.63, 3.8) is 0 Å². The van der Waals surface area contributed by atoms with Gasteiger partial charge in [-0.05, 0) is 25.7 Å². The van der Waals surface area contributed by atoms with Crippen LogP contribution in [0.4, 0.5) is 0 Å². The smallest absolute Gasteiger partial charge is 0.0693 e. The van der Waals surface area contributed by atoms with Crippen LogP contribution >= 0.6 is 0 Å². The lowest BCUT2D eigenvalue weighted by atomic mass is 9.85. The summed E-state index contributed by atoms with van der Waals surface area (Å²) in [6.45, 7) is 0. The lowest BCUT2D eigenvalue weighted by Gasteiger charge is -2.39. The first kappa shape index (κ1) is 6.62. The van der Waals surface area contributed by atoms with E-state index >= 15 is 0 Å². The molecule has 58 valence electrons. The molecular formula is C8H15NO. The van der Waals surface area contributed by atoms with Gasteiger partial charge in [0.2, 0.25) is 0 Å². The minimum Gasteiger partial charge on any atom is -0.392 e. The van der Waals surface area contributed by atoms with Crippen molar-refractivity contribution in [1.82, 2.24) is 5.32 Å². The van der Waals surface area contributed by atoms with Gasteiger partial charge in [-0.3, -0.25) is 0 Å². The molecule has 2 heteroatoms. The Kier molecular flexibility index (Phi) is 1.66. The van der Waals surface area contributed by atoms with Gasteiger partial charge in [0.05, 0.1) is 6.10 Å². The average molecular weight is 141 g/mol. The fourth-order valence-corrected chi connectivity index (χ4v) is 2.16. The van der Waals surface area contributed by atoms with Gasteiger partial charge in [0.15, 0.2) is 0 Å². The Morgan fingerprint density at radius 2 is 2.00 bits per heavy atom. The second-order valence-corrected chi connectivity index (χ2v) is 3.55. The zero-order chi connectivity index (χ0) is 6.97. The van der Waals surface area contributed by atoms with E-state index in [0.29, 0.717) is 6.04 Å². The van der Waals surface area contributed by atoms with Crippen LogP contribution in [0.1, 0.15) is 32.1 Å². The van der Waals surface area contributed by atoms with Crippen LogP contribution in [0.5, 0.6) is 0 Å². The van der Waals surface area contributed by atoms with Gasteiger partial charge in [0.25, 0.3) is 0 Å². The zero-order valence-electron chi connectivity index (χ0n) is 6.21. The van der Waals surface area contributed by atoms with Crippen LogP contribution in [0.3, 0.4) is 0 Å². The molecule has 2 N–H and O–H groups in total. The molecule has 0 aromatic carbocycles. The molecule has 2 bridgehead atoms. The summed E-state index contributed by atoms with van der Waals surface area (Å²) in [7, 11) is 0. The molecule has 10 heavy (non-hydrogen) atoms. The van der Waals surface area contributed by atoms with Crippen LogP contribution in [0.15, 0.2) is 0 Å². The predicted octanol–water partition coefficient (Wildman–Crippen LogP) is 0.652. The number of hydrogen-bond acceptors (Lipinski definition) is 2. The van der Waals surface area contributed by atoms with Gasteiger partial charge in [-0.1, -0.05) is 6.42 Å². The van der Waals surface area contributed by atoms with Crippen molar-refractivity contribution in [2.24, 2.45) is 0 Å². The number of hydrogen-bond donors (Lipinski definition) is 2. The molecule has 0 spiro atoms. The molecule has 0 unspecified atom stereocenters. The van der Waals surface area contributed by atoms with Crippen molar-refractivity contribution in [3.8, 4) is 0 Å². The fourth-order valence-electron chi connectivity index (χ4n) is 2.16. The molecule has 0 amide bonds. The monoisotopic (exact) mass is 141 g/mol. The van der Waals surface area contributed by atoms with E-state index in [1.54, 1.807) is 0 Å². The summed E-state index contributed by atoms with van der Waals surface area (Å²) in [5.41, 5.74) is 0. The van der Waals surface area contributed by atoms with E-state index in [9.17, 15) is 5.11 Å². The van der Waals surface area contributed by atoms with Crippen LogP contribution in [0.2, 0.25) is 0 Å². The van der Waals surface area contributed by atoms with E-state index in [4.69, 9.17) is 0 Å². The molecule has 2 fully saturated rings. The quantitative estimate of drug-likeness (QED) is 0.519. The second kappa shape index (κ2) is 2.51. The summed E-state index contributed by atoms with van der Waals surface area (Å²) in [4.78, 5) is 0. The molecule has 0 saturated carbocycles. The predicted molar refractivity (Wildman–Crippen MR) is 39.8 cm³/mol. The molecule has 0 radical (unpaired) electrons. The number of aliphatic hydroxyl groups excluding tert-OH is 1. The van der Waals surface area contributed by atoms with Gasteiger partial charge < -0.3 is 10.4 Å². The second-order valence-electron chi connectivity index (χ2n) is 3.55. The van der Waals surface area contributed by atoms with Crippen molar-refractivity contribution in [3.05, 3.63) is 0 Å². The highest BCUT2D eigenvalue weighted by Crippen LogP contribution is 2.25. The summed E-state index contributed by atoms with van der Waals surface area (Å²) >= 11 is 0. The Hall–Kier alpha value is -0.0800. The highest BCUT2D eigenvalue weighted by atomic mass is 16.3. The van der Waals surface area contributed by atoms with Gasteiger partial charge in [-0.25, -0.2) is 0 Å². The van der Waals surface area contributed by atoms with Gasteiger partial charge >= 0.3 is 0 Å². The lowest BCUT2D eigenvalue weighted by molar-refractivity contribution is 0.0571. The zero-order valence-corrected chi connectivity index (χ0v) is 6.21. The third-order valence-electron chi connectivity index (χ3n) is 2.79. The molecule has 2 saturated heterocycles. The van der Waals surface area contributed by atoms with E-state index in [2.05, 4.69) is 5.32 Å². The number of fused-ring (bicyclic) bond motifs is 2.